The standard InChI is InChI=1S/C21H21ClN4/c22-16-6-8-17(9-7-16)26-13-20(24-25-26)21(10-11-21)14-23-19-12-18(19)15-4-2-1-3-5-15/h1-9,13,18-19,23H,10-12,14H2/t18-,19+/m1/s1. The molecule has 1 N–H and O–H groups in total. The van der Waals surface area contributed by atoms with Crippen LogP contribution < -0.4 is 5.32 Å². The molecule has 2 saturated carbocycles. The van der Waals surface area contributed by atoms with E-state index in [2.05, 4.69) is 52.2 Å². The van der Waals surface area contributed by atoms with Crippen LogP contribution >= 0.6 is 11.6 Å². The van der Waals surface area contributed by atoms with E-state index in [1.54, 1.807) is 0 Å². The highest BCUT2D eigenvalue weighted by Crippen LogP contribution is 2.48. The normalized spacial score (nSPS) is 23.0. The van der Waals surface area contributed by atoms with E-state index < -0.39 is 0 Å². The molecule has 0 bridgehead atoms. The van der Waals surface area contributed by atoms with Crippen LogP contribution in [0.1, 0.15) is 36.4 Å². The quantitative estimate of drug-likeness (QED) is 0.716. The second kappa shape index (κ2) is 6.22. The summed E-state index contributed by atoms with van der Waals surface area (Å²) in [5.41, 5.74) is 3.69. The summed E-state index contributed by atoms with van der Waals surface area (Å²) < 4.78 is 1.84. The molecule has 2 aliphatic carbocycles. The molecule has 1 aromatic heterocycles. The molecule has 2 fully saturated rings. The molecule has 0 radical (unpaired) electrons. The zero-order valence-electron chi connectivity index (χ0n) is 14.5. The Morgan fingerprint density at radius 3 is 2.58 bits per heavy atom. The molecule has 2 aromatic carbocycles. The van der Waals surface area contributed by atoms with E-state index in [1.807, 2.05) is 28.9 Å². The summed E-state index contributed by atoms with van der Waals surface area (Å²) in [6.07, 6.45) is 5.67. The van der Waals surface area contributed by atoms with Crippen LogP contribution in [0.5, 0.6) is 0 Å². The lowest BCUT2D eigenvalue weighted by atomic mass is 10.0. The first-order valence-electron chi connectivity index (χ1n) is 9.21. The van der Waals surface area contributed by atoms with E-state index in [4.69, 9.17) is 11.6 Å². The lowest BCUT2D eigenvalue weighted by Gasteiger charge is -2.13. The monoisotopic (exact) mass is 364 g/mol. The van der Waals surface area contributed by atoms with E-state index in [0.29, 0.717) is 12.0 Å². The molecule has 2 aliphatic rings. The van der Waals surface area contributed by atoms with E-state index in [-0.39, 0.29) is 5.41 Å². The molecule has 5 heteroatoms. The molecule has 3 aromatic rings. The SMILES string of the molecule is Clc1ccc(-n2cc(C3(CN[C@H]4C[C@@H]4c4ccccc4)CC3)nn2)cc1. The number of benzene rings is 2. The van der Waals surface area contributed by atoms with Gasteiger partial charge in [0, 0.05) is 28.9 Å². The number of nitrogens with zero attached hydrogens (tertiary/aromatic N) is 3. The van der Waals surface area contributed by atoms with Crippen molar-refractivity contribution in [3.8, 4) is 5.69 Å². The van der Waals surface area contributed by atoms with Crippen molar-refractivity contribution in [3.05, 3.63) is 77.1 Å². The van der Waals surface area contributed by atoms with E-state index >= 15 is 0 Å². The molecule has 0 amide bonds. The van der Waals surface area contributed by atoms with Gasteiger partial charge in [0.25, 0.3) is 0 Å². The maximum absolute atomic E-state index is 5.97. The third kappa shape index (κ3) is 3.04. The lowest BCUT2D eigenvalue weighted by Crippen LogP contribution is -2.29. The van der Waals surface area contributed by atoms with E-state index in [9.17, 15) is 0 Å². The van der Waals surface area contributed by atoms with Crippen LogP contribution in [-0.2, 0) is 5.41 Å². The van der Waals surface area contributed by atoms with Gasteiger partial charge in [-0.15, -0.1) is 5.10 Å². The van der Waals surface area contributed by atoms with Gasteiger partial charge in [-0.25, -0.2) is 4.68 Å². The molecule has 26 heavy (non-hydrogen) atoms. The van der Waals surface area contributed by atoms with Crippen molar-refractivity contribution in [1.29, 1.82) is 0 Å². The third-order valence-electron chi connectivity index (χ3n) is 5.70. The van der Waals surface area contributed by atoms with Crippen LogP contribution in [0.25, 0.3) is 5.69 Å². The first-order valence-corrected chi connectivity index (χ1v) is 9.58. The minimum atomic E-state index is 0.161. The van der Waals surface area contributed by atoms with Crippen LogP contribution in [0, 0.1) is 0 Å². The van der Waals surface area contributed by atoms with Crippen LogP contribution in [0.15, 0.2) is 60.8 Å². The number of rotatable bonds is 6. The number of nitrogens with one attached hydrogen (secondary N) is 1. The molecule has 5 rings (SSSR count). The Labute approximate surface area is 158 Å². The van der Waals surface area contributed by atoms with Gasteiger partial charge >= 0.3 is 0 Å². The Hall–Kier alpha value is -2.17. The number of hydrogen-bond donors (Lipinski definition) is 1. The minimum Gasteiger partial charge on any atom is -0.312 e. The summed E-state index contributed by atoms with van der Waals surface area (Å²) in [6, 6.07) is 19.1. The fourth-order valence-corrected chi connectivity index (χ4v) is 3.84. The summed E-state index contributed by atoms with van der Waals surface area (Å²) in [4.78, 5) is 0. The van der Waals surface area contributed by atoms with Crippen LogP contribution in [-0.4, -0.2) is 27.6 Å². The molecule has 132 valence electrons. The molecular formula is C21H21ClN4. The largest absolute Gasteiger partial charge is 0.312 e. The molecule has 2 atom stereocenters. The van der Waals surface area contributed by atoms with Crippen molar-refractivity contribution in [2.45, 2.75) is 36.6 Å². The highest BCUT2D eigenvalue weighted by molar-refractivity contribution is 6.30. The van der Waals surface area contributed by atoms with Crippen molar-refractivity contribution < 1.29 is 0 Å². The highest BCUT2D eigenvalue weighted by Gasteiger charge is 2.48. The first-order chi connectivity index (χ1) is 12.7. The van der Waals surface area contributed by atoms with Gasteiger partial charge in [-0.2, -0.15) is 0 Å². The third-order valence-corrected chi connectivity index (χ3v) is 5.95. The zero-order valence-corrected chi connectivity index (χ0v) is 15.2. The van der Waals surface area contributed by atoms with E-state index in [1.165, 1.54) is 24.8 Å². The predicted octanol–water partition coefficient (Wildman–Crippen LogP) is 4.10. The molecular weight excluding hydrogens is 344 g/mol. The Morgan fingerprint density at radius 1 is 1.08 bits per heavy atom. The van der Waals surface area contributed by atoms with Crippen molar-refractivity contribution >= 4 is 11.6 Å². The van der Waals surface area contributed by atoms with Crippen molar-refractivity contribution in [1.82, 2.24) is 20.3 Å². The number of hydrogen-bond acceptors (Lipinski definition) is 3. The van der Waals surface area contributed by atoms with Gasteiger partial charge in [0.1, 0.15) is 0 Å². The number of aromatic nitrogens is 3. The average molecular weight is 365 g/mol. The second-order valence-corrected chi connectivity index (χ2v) is 7.98. The van der Waals surface area contributed by atoms with Crippen LogP contribution in [0.4, 0.5) is 0 Å². The topological polar surface area (TPSA) is 42.7 Å². The Balaban J connectivity index is 1.24. The Bertz CT molecular complexity index is 899. The van der Waals surface area contributed by atoms with Gasteiger partial charge in [0.05, 0.1) is 17.6 Å². The van der Waals surface area contributed by atoms with Crippen molar-refractivity contribution in [2.24, 2.45) is 0 Å². The lowest BCUT2D eigenvalue weighted by molar-refractivity contribution is 0.553. The molecule has 0 saturated heterocycles. The van der Waals surface area contributed by atoms with Gasteiger partial charge in [-0.1, -0.05) is 47.1 Å². The molecule has 0 spiro atoms. The number of halogens is 1. The smallest absolute Gasteiger partial charge is 0.0906 e. The molecule has 1 heterocycles. The van der Waals surface area contributed by atoms with Gasteiger partial charge in [-0.05, 0) is 49.1 Å². The maximum atomic E-state index is 5.97. The van der Waals surface area contributed by atoms with E-state index in [0.717, 1.165) is 22.9 Å². The molecule has 0 unspecified atom stereocenters. The predicted molar refractivity (Wildman–Crippen MR) is 103 cm³/mol. The summed E-state index contributed by atoms with van der Waals surface area (Å²) in [7, 11) is 0. The Kier molecular flexibility index (Phi) is 3.84. The van der Waals surface area contributed by atoms with Gasteiger partial charge in [-0.3, -0.25) is 0 Å². The van der Waals surface area contributed by atoms with Crippen molar-refractivity contribution in [2.75, 3.05) is 6.54 Å². The average Bonchev–Trinajstić information content (AvgIpc) is 3.59. The fraction of sp³-hybridized carbons (Fsp3) is 0.333. The van der Waals surface area contributed by atoms with Crippen LogP contribution in [0.2, 0.25) is 5.02 Å². The molecule has 4 nitrogen and oxygen atoms in total. The summed E-state index contributed by atoms with van der Waals surface area (Å²) in [5, 5.41) is 13.3. The minimum absolute atomic E-state index is 0.161. The maximum Gasteiger partial charge on any atom is 0.0906 e. The highest BCUT2D eigenvalue weighted by atomic mass is 35.5. The summed E-state index contributed by atoms with van der Waals surface area (Å²) >= 11 is 5.97. The Morgan fingerprint density at radius 2 is 1.85 bits per heavy atom. The molecule has 0 aliphatic heterocycles. The van der Waals surface area contributed by atoms with Crippen molar-refractivity contribution in [3.63, 3.8) is 0 Å². The first kappa shape index (κ1) is 16.0. The van der Waals surface area contributed by atoms with Crippen LogP contribution in [0.3, 0.4) is 0 Å². The second-order valence-electron chi connectivity index (χ2n) is 7.55. The van der Waals surface area contributed by atoms with Gasteiger partial charge in [0.2, 0.25) is 0 Å². The van der Waals surface area contributed by atoms with Gasteiger partial charge in [0.15, 0.2) is 0 Å². The summed E-state index contributed by atoms with van der Waals surface area (Å²) in [5.74, 6) is 0.664. The zero-order chi connectivity index (χ0) is 17.6. The van der Waals surface area contributed by atoms with Gasteiger partial charge < -0.3 is 5.32 Å². The fourth-order valence-electron chi connectivity index (χ4n) is 3.72. The summed E-state index contributed by atoms with van der Waals surface area (Å²) in [6.45, 7) is 0.986.